The lowest BCUT2D eigenvalue weighted by molar-refractivity contribution is 0.0808. The molecule has 1 aliphatic heterocycles. The molecule has 142 valence electrons. The van der Waals surface area contributed by atoms with Gasteiger partial charge >= 0.3 is 0 Å². The second-order valence-electron chi connectivity index (χ2n) is 7.75. The van der Waals surface area contributed by atoms with Gasteiger partial charge in [-0.3, -0.25) is 4.79 Å². The van der Waals surface area contributed by atoms with Crippen molar-refractivity contribution in [3.63, 3.8) is 0 Å². The second kappa shape index (κ2) is 7.78. The molecule has 1 aliphatic rings. The van der Waals surface area contributed by atoms with Crippen LogP contribution >= 0.6 is 0 Å². The van der Waals surface area contributed by atoms with Crippen LogP contribution in [0.25, 0.3) is 11.0 Å². The van der Waals surface area contributed by atoms with Crippen molar-refractivity contribution >= 4 is 31.2 Å². The summed E-state index contributed by atoms with van der Waals surface area (Å²) in [5, 5.41) is 21.2. The average Bonchev–Trinajstić information content (AvgIpc) is 3.15. The van der Waals surface area contributed by atoms with Crippen molar-refractivity contribution < 1.29 is 14.6 Å². The first kappa shape index (κ1) is 18.9. The molecule has 0 unspecified atom stereocenters. The third-order valence-electron chi connectivity index (χ3n) is 4.38. The van der Waals surface area contributed by atoms with E-state index in [1.807, 2.05) is 0 Å². The number of hydrogen-bond acceptors (Lipinski definition) is 8. The van der Waals surface area contributed by atoms with Crippen LogP contribution in [0.3, 0.4) is 0 Å². The standard InChI is InChI=1S/C16H26N6O3Si/c1-26(2,3)5-4-25-10-22-16-14(12(8-23)21-22)15(18-9-19-16)20-11-6-17-7-13(11)24/h8-9,11,13,17,24H,4-7,10H2,1-3H3,(H,18,19,20)/t11-,13-/m1/s1. The summed E-state index contributed by atoms with van der Waals surface area (Å²) in [7, 11) is -1.16. The van der Waals surface area contributed by atoms with Crippen molar-refractivity contribution in [3.05, 3.63) is 12.0 Å². The fourth-order valence-corrected chi connectivity index (χ4v) is 3.59. The summed E-state index contributed by atoms with van der Waals surface area (Å²) < 4.78 is 7.32. The van der Waals surface area contributed by atoms with Crippen LogP contribution in [-0.4, -0.2) is 71.1 Å². The number of aliphatic hydroxyl groups excluding tert-OH is 1. The molecule has 1 fully saturated rings. The quantitative estimate of drug-likeness (QED) is 0.349. The number of rotatable bonds is 8. The summed E-state index contributed by atoms with van der Waals surface area (Å²) in [6.07, 6.45) is 1.60. The summed E-state index contributed by atoms with van der Waals surface area (Å²) in [6.45, 7) is 8.92. The highest BCUT2D eigenvalue weighted by Crippen LogP contribution is 2.24. The SMILES string of the molecule is C[Si](C)(C)CCOCn1nc(C=O)c2c(N[C@@H]3CNC[C@H]3O)ncnc21. The van der Waals surface area contributed by atoms with Gasteiger partial charge in [0.1, 0.15) is 24.6 Å². The van der Waals surface area contributed by atoms with Gasteiger partial charge in [-0.25, -0.2) is 14.6 Å². The normalized spacial score (nSPS) is 20.6. The Morgan fingerprint density at radius 2 is 2.23 bits per heavy atom. The maximum atomic E-state index is 11.5. The highest BCUT2D eigenvalue weighted by atomic mass is 28.3. The van der Waals surface area contributed by atoms with E-state index in [9.17, 15) is 9.90 Å². The van der Waals surface area contributed by atoms with Crippen LogP contribution in [0.5, 0.6) is 0 Å². The molecule has 3 heterocycles. The molecule has 0 aliphatic carbocycles. The monoisotopic (exact) mass is 378 g/mol. The zero-order valence-electron chi connectivity index (χ0n) is 15.4. The molecule has 2 atom stereocenters. The van der Waals surface area contributed by atoms with E-state index in [1.165, 1.54) is 6.33 Å². The number of anilines is 1. The van der Waals surface area contributed by atoms with E-state index in [0.717, 1.165) is 6.04 Å². The van der Waals surface area contributed by atoms with Crippen molar-refractivity contribution in [3.8, 4) is 0 Å². The Labute approximate surface area is 153 Å². The maximum Gasteiger partial charge on any atom is 0.171 e. The highest BCUT2D eigenvalue weighted by molar-refractivity contribution is 6.76. The Hall–Kier alpha value is -1.88. The van der Waals surface area contributed by atoms with Gasteiger partial charge in [0.25, 0.3) is 0 Å². The van der Waals surface area contributed by atoms with Crippen molar-refractivity contribution in [2.75, 3.05) is 25.0 Å². The fourth-order valence-electron chi connectivity index (χ4n) is 2.83. The van der Waals surface area contributed by atoms with E-state index in [-0.39, 0.29) is 18.5 Å². The van der Waals surface area contributed by atoms with E-state index in [1.54, 1.807) is 4.68 Å². The van der Waals surface area contributed by atoms with E-state index >= 15 is 0 Å². The van der Waals surface area contributed by atoms with E-state index in [0.29, 0.717) is 42.8 Å². The molecule has 3 rings (SSSR count). The van der Waals surface area contributed by atoms with Crippen molar-refractivity contribution in [1.29, 1.82) is 0 Å². The minimum Gasteiger partial charge on any atom is -0.390 e. The Bertz CT molecular complexity index is 775. The number of fused-ring (bicyclic) bond motifs is 1. The van der Waals surface area contributed by atoms with Crippen molar-refractivity contribution in [2.45, 2.75) is 44.6 Å². The number of aliphatic hydroxyl groups is 1. The Morgan fingerprint density at radius 3 is 2.88 bits per heavy atom. The van der Waals surface area contributed by atoms with Gasteiger partial charge in [0.2, 0.25) is 0 Å². The molecule has 0 amide bonds. The van der Waals surface area contributed by atoms with Crippen LogP contribution in [0, 0.1) is 0 Å². The lowest BCUT2D eigenvalue weighted by atomic mass is 10.2. The zero-order valence-corrected chi connectivity index (χ0v) is 16.4. The van der Waals surface area contributed by atoms with Crippen LogP contribution in [-0.2, 0) is 11.5 Å². The summed E-state index contributed by atoms with van der Waals surface area (Å²) in [6, 6.07) is 0.880. The van der Waals surface area contributed by atoms with Crippen molar-refractivity contribution in [1.82, 2.24) is 25.1 Å². The lowest BCUT2D eigenvalue weighted by Crippen LogP contribution is -2.32. The molecule has 10 heteroatoms. The number of carbonyl (C=O) groups is 1. The molecule has 2 aromatic rings. The largest absolute Gasteiger partial charge is 0.390 e. The van der Waals surface area contributed by atoms with Crippen LogP contribution in [0.15, 0.2) is 6.33 Å². The van der Waals surface area contributed by atoms with Crippen LogP contribution in [0.2, 0.25) is 25.7 Å². The third kappa shape index (κ3) is 4.26. The van der Waals surface area contributed by atoms with Gasteiger partial charge < -0.3 is 20.5 Å². The molecule has 0 aromatic carbocycles. The maximum absolute atomic E-state index is 11.5. The van der Waals surface area contributed by atoms with Crippen LogP contribution in [0.1, 0.15) is 10.5 Å². The minimum absolute atomic E-state index is 0.177. The number of aromatic nitrogens is 4. The molecule has 3 N–H and O–H groups in total. The number of ether oxygens (including phenoxy) is 1. The van der Waals surface area contributed by atoms with E-state index in [2.05, 4.69) is 45.3 Å². The summed E-state index contributed by atoms with van der Waals surface area (Å²) in [5.74, 6) is 0.498. The molecular weight excluding hydrogens is 352 g/mol. The van der Waals surface area contributed by atoms with Crippen LogP contribution in [0.4, 0.5) is 5.82 Å². The lowest BCUT2D eigenvalue weighted by Gasteiger charge is -2.16. The topological polar surface area (TPSA) is 114 Å². The number of carbonyl (C=O) groups excluding carboxylic acids is 1. The zero-order chi connectivity index (χ0) is 18.7. The first-order chi connectivity index (χ1) is 12.4. The number of nitrogens with one attached hydrogen (secondary N) is 2. The van der Waals surface area contributed by atoms with E-state index < -0.39 is 14.2 Å². The van der Waals surface area contributed by atoms with E-state index in [4.69, 9.17) is 4.74 Å². The number of nitrogens with zero attached hydrogens (tertiary/aromatic N) is 4. The molecule has 9 nitrogen and oxygen atoms in total. The Balaban J connectivity index is 1.80. The van der Waals surface area contributed by atoms with Crippen molar-refractivity contribution in [2.24, 2.45) is 0 Å². The Morgan fingerprint density at radius 1 is 1.42 bits per heavy atom. The van der Waals surface area contributed by atoms with Gasteiger partial charge in [-0.05, 0) is 6.04 Å². The predicted octanol–water partition coefficient (Wildman–Crippen LogP) is 0.696. The minimum atomic E-state index is -1.16. The van der Waals surface area contributed by atoms with Gasteiger partial charge in [-0.2, -0.15) is 5.10 Å². The Kier molecular flexibility index (Phi) is 5.66. The highest BCUT2D eigenvalue weighted by Gasteiger charge is 2.27. The van der Waals surface area contributed by atoms with Gasteiger partial charge in [0.05, 0.1) is 17.5 Å². The number of β-amino-alcohol motifs (C(OH)–C–C–N with tert-alkyl or cyclic N) is 1. The third-order valence-corrected chi connectivity index (χ3v) is 6.09. The smallest absolute Gasteiger partial charge is 0.171 e. The summed E-state index contributed by atoms with van der Waals surface area (Å²) in [4.78, 5) is 20.0. The average molecular weight is 379 g/mol. The molecule has 0 spiro atoms. The van der Waals surface area contributed by atoms with Gasteiger partial charge in [-0.15, -0.1) is 0 Å². The fraction of sp³-hybridized carbons (Fsp3) is 0.625. The van der Waals surface area contributed by atoms with Gasteiger partial charge in [0.15, 0.2) is 11.9 Å². The predicted molar refractivity (Wildman–Crippen MR) is 101 cm³/mol. The number of hydrogen-bond donors (Lipinski definition) is 3. The molecule has 2 aromatic heterocycles. The summed E-state index contributed by atoms with van der Waals surface area (Å²) in [5.41, 5.74) is 0.801. The van der Waals surface area contributed by atoms with Crippen LogP contribution < -0.4 is 10.6 Å². The number of aldehydes is 1. The molecule has 26 heavy (non-hydrogen) atoms. The van der Waals surface area contributed by atoms with Gasteiger partial charge in [0, 0.05) is 27.8 Å². The first-order valence-corrected chi connectivity index (χ1v) is 12.5. The molecule has 0 radical (unpaired) electrons. The first-order valence-electron chi connectivity index (χ1n) is 8.79. The molecule has 1 saturated heterocycles. The van der Waals surface area contributed by atoms with Gasteiger partial charge in [-0.1, -0.05) is 19.6 Å². The molecule has 0 saturated carbocycles. The summed E-state index contributed by atoms with van der Waals surface area (Å²) >= 11 is 0. The molecule has 0 bridgehead atoms. The molecular formula is C16H26N6O3Si. The second-order valence-corrected chi connectivity index (χ2v) is 13.4.